The lowest BCUT2D eigenvalue weighted by Gasteiger charge is -2.14. The van der Waals surface area contributed by atoms with Gasteiger partial charge in [-0.2, -0.15) is 0 Å². The molecule has 0 radical (unpaired) electrons. The van der Waals surface area contributed by atoms with Crippen LogP contribution < -0.4 is 5.32 Å². The number of aldehydes is 1. The van der Waals surface area contributed by atoms with Crippen molar-refractivity contribution in [3.8, 4) is 22.3 Å². The van der Waals surface area contributed by atoms with Crippen molar-refractivity contribution in [3.63, 3.8) is 0 Å². The fourth-order valence-corrected chi connectivity index (χ4v) is 2.84. The van der Waals surface area contributed by atoms with Gasteiger partial charge in [0.25, 0.3) is 0 Å². The Bertz CT molecular complexity index is 795. The summed E-state index contributed by atoms with van der Waals surface area (Å²) in [6.45, 7) is 0.661. The smallest absolute Gasteiger partial charge is 0.151 e. The van der Waals surface area contributed by atoms with Crippen LogP contribution in [-0.4, -0.2) is 13.3 Å². The number of hydrogen-bond acceptors (Lipinski definition) is 2. The van der Waals surface area contributed by atoms with Gasteiger partial charge >= 0.3 is 0 Å². The fourth-order valence-electron chi connectivity index (χ4n) is 2.84. The minimum atomic E-state index is 0.661. The molecule has 0 unspecified atom stereocenters. The molecule has 0 saturated heterocycles. The van der Waals surface area contributed by atoms with E-state index in [1.54, 1.807) is 0 Å². The Balaban J connectivity index is 2.24. The Morgan fingerprint density at radius 3 is 2.00 bits per heavy atom. The highest BCUT2D eigenvalue weighted by molar-refractivity contribution is 5.92. The Labute approximate surface area is 136 Å². The molecule has 3 aromatic rings. The summed E-state index contributed by atoms with van der Waals surface area (Å²) in [6, 6.07) is 24.5. The first-order valence-corrected chi connectivity index (χ1v) is 7.71. The van der Waals surface area contributed by atoms with Crippen LogP contribution in [0.15, 0.2) is 72.8 Å². The first kappa shape index (κ1) is 15.2. The second kappa shape index (κ2) is 7.03. The van der Waals surface area contributed by atoms with E-state index in [1.807, 2.05) is 55.6 Å². The van der Waals surface area contributed by atoms with Gasteiger partial charge in [-0.1, -0.05) is 60.7 Å². The van der Waals surface area contributed by atoms with E-state index in [0.29, 0.717) is 6.54 Å². The van der Waals surface area contributed by atoms with Gasteiger partial charge in [0.15, 0.2) is 6.29 Å². The van der Waals surface area contributed by atoms with Crippen LogP contribution in [0.2, 0.25) is 0 Å². The Morgan fingerprint density at radius 2 is 1.43 bits per heavy atom. The first-order valence-electron chi connectivity index (χ1n) is 7.71. The zero-order valence-electron chi connectivity index (χ0n) is 13.1. The average molecular weight is 301 g/mol. The number of benzene rings is 3. The highest BCUT2D eigenvalue weighted by Crippen LogP contribution is 2.31. The fraction of sp³-hybridized carbons (Fsp3) is 0.0952. The summed E-state index contributed by atoms with van der Waals surface area (Å²) < 4.78 is 0. The van der Waals surface area contributed by atoms with Gasteiger partial charge in [-0.15, -0.1) is 0 Å². The molecular formula is C21H19NO. The van der Waals surface area contributed by atoms with Crippen LogP contribution in [-0.2, 0) is 6.54 Å². The van der Waals surface area contributed by atoms with Crippen molar-refractivity contribution in [1.29, 1.82) is 0 Å². The molecular weight excluding hydrogens is 282 g/mol. The zero-order chi connectivity index (χ0) is 16.1. The lowest BCUT2D eigenvalue weighted by Crippen LogP contribution is -2.09. The predicted octanol–water partition coefficient (Wildman–Crippen LogP) is 4.55. The van der Waals surface area contributed by atoms with Crippen molar-refractivity contribution >= 4 is 6.29 Å². The molecule has 0 spiro atoms. The van der Waals surface area contributed by atoms with Crippen molar-refractivity contribution in [2.45, 2.75) is 6.54 Å². The van der Waals surface area contributed by atoms with Crippen LogP contribution in [0.5, 0.6) is 0 Å². The van der Waals surface area contributed by atoms with Gasteiger partial charge in [0.05, 0.1) is 0 Å². The lowest BCUT2D eigenvalue weighted by molar-refractivity contribution is 0.112. The Morgan fingerprint density at radius 1 is 0.826 bits per heavy atom. The minimum Gasteiger partial charge on any atom is -0.316 e. The lowest BCUT2D eigenvalue weighted by atomic mass is 9.91. The van der Waals surface area contributed by atoms with E-state index in [0.717, 1.165) is 39.7 Å². The summed E-state index contributed by atoms with van der Waals surface area (Å²) >= 11 is 0. The summed E-state index contributed by atoms with van der Waals surface area (Å²) in [4.78, 5) is 11.7. The molecule has 114 valence electrons. The molecule has 3 rings (SSSR count). The molecule has 0 amide bonds. The molecule has 0 saturated carbocycles. The first-order chi connectivity index (χ1) is 11.3. The molecule has 0 aliphatic rings. The number of carbonyl (C=O) groups excluding carboxylic acids is 1. The summed E-state index contributed by atoms with van der Waals surface area (Å²) in [7, 11) is 1.89. The summed E-state index contributed by atoms with van der Waals surface area (Å²) in [5.41, 5.74) is 6.09. The third kappa shape index (κ3) is 3.22. The number of hydrogen-bond donors (Lipinski definition) is 1. The molecule has 2 nitrogen and oxygen atoms in total. The van der Waals surface area contributed by atoms with E-state index in [2.05, 4.69) is 29.6 Å². The number of rotatable bonds is 5. The maximum Gasteiger partial charge on any atom is 0.151 e. The van der Waals surface area contributed by atoms with Crippen LogP contribution in [0.25, 0.3) is 22.3 Å². The highest BCUT2D eigenvalue weighted by Gasteiger charge is 2.12. The molecule has 0 aromatic heterocycles. The molecule has 23 heavy (non-hydrogen) atoms. The molecule has 2 heteroatoms. The van der Waals surface area contributed by atoms with Crippen molar-refractivity contribution in [3.05, 3.63) is 83.9 Å². The van der Waals surface area contributed by atoms with Crippen LogP contribution in [0.1, 0.15) is 15.9 Å². The molecule has 0 aliphatic heterocycles. The zero-order valence-corrected chi connectivity index (χ0v) is 13.1. The Kier molecular flexibility index (Phi) is 4.65. The maximum absolute atomic E-state index is 11.7. The van der Waals surface area contributed by atoms with Crippen LogP contribution in [0, 0.1) is 0 Å². The van der Waals surface area contributed by atoms with Crippen molar-refractivity contribution < 1.29 is 4.79 Å². The topological polar surface area (TPSA) is 29.1 Å². The van der Waals surface area contributed by atoms with Crippen LogP contribution in [0.3, 0.4) is 0 Å². The number of carbonyl (C=O) groups is 1. The monoisotopic (exact) mass is 301 g/mol. The summed E-state index contributed by atoms with van der Waals surface area (Å²) in [5, 5.41) is 3.16. The van der Waals surface area contributed by atoms with E-state index in [-0.39, 0.29) is 0 Å². The molecule has 0 aliphatic carbocycles. The van der Waals surface area contributed by atoms with Gasteiger partial charge in [-0.05, 0) is 47.0 Å². The molecule has 0 atom stereocenters. The minimum absolute atomic E-state index is 0.661. The van der Waals surface area contributed by atoms with Crippen molar-refractivity contribution in [1.82, 2.24) is 5.32 Å². The van der Waals surface area contributed by atoms with Gasteiger partial charge in [0, 0.05) is 12.1 Å². The van der Waals surface area contributed by atoms with Crippen molar-refractivity contribution in [2.24, 2.45) is 0 Å². The van der Waals surface area contributed by atoms with Crippen molar-refractivity contribution in [2.75, 3.05) is 7.05 Å². The van der Waals surface area contributed by atoms with Gasteiger partial charge in [0.1, 0.15) is 0 Å². The third-order valence-corrected chi connectivity index (χ3v) is 3.94. The van der Waals surface area contributed by atoms with Gasteiger partial charge in [-0.3, -0.25) is 4.79 Å². The molecule has 0 fully saturated rings. The van der Waals surface area contributed by atoms with E-state index < -0.39 is 0 Å². The second-order valence-corrected chi connectivity index (χ2v) is 5.48. The maximum atomic E-state index is 11.7. The van der Waals surface area contributed by atoms with Crippen LogP contribution >= 0.6 is 0 Å². The quantitative estimate of drug-likeness (QED) is 0.700. The molecule has 0 heterocycles. The Hall–Kier alpha value is -2.71. The molecule has 1 N–H and O–H groups in total. The second-order valence-electron chi connectivity index (χ2n) is 5.48. The SMILES string of the molecule is CNCc1cc(-c2ccccc2)cc(-c2ccccc2)c1C=O. The molecule has 3 aromatic carbocycles. The third-order valence-electron chi connectivity index (χ3n) is 3.94. The predicted molar refractivity (Wildman–Crippen MR) is 95.5 cm³/mol. The van der Waals surface area contributed by atoms with Gasteiger partial charge < -0.3 is 5.32 Å². The van der Waals surface area contributed by atoms with Crippen LogP contribution in [0.4, 0.5) is 0 Å². The van der Waals surface area contributed by atoms with E-state index in [1.165, 1.54) is 0 Å². The average Bonchev–Trinajstić information content (AvgIpc) is 2.63. The largest absolute Gasteiger partial charge is 0.316 e. The molecule has 0 bridgehead atoms. The normalized spacial score (nSPS) is 10.5. The summed E-state index contributed by atoms with van der Waals surface area (Å²) in [5.74, 6) is 0. The van der Waals surface area contributed by atoms with E-state index >= 15 is 0 Å². The van der Waals surface area contributed by atoms with Gasteiger partial charge in [0.2, 0.25) is 0 Å². The van der Waals surface area contributed by atoms with E-state index in [9.17, 15) is 4.79 Å². The summed E-state index contributed by atoms with van der Waals surface area (Å²) in [6.07, 6.45) is 0.962. The van der Waals surface area contributed by atoms with E-state index in [4.69, 9.17) is 0 Å². The standard InChI is InChI=1S/C21H19NO/c1-22-14-19-12-18(16-8-4-2-5-9-16)13-20(21(19)15-23)17-10-6-3-7-11-17/h2-13,15,22H,14H2,1H3. The highest BCUT2D eigenvalue weighted by atomic mass is 16.1. The van der Waals surface area contributed by atoms with Gasteiger partial charge in [-0.25, -0.2) is 0 Å². The number of nitrogens with one attached hydrogen (secondary N) is 1.